The van der Waals surface area contributed by atoms with Gasteiger partial charge < -0.3 is 9.64 Å². The first-order chi connectivity index (χ1) is 11.3. The van der Waals surface area contributed by atoms with Gasteiger partial charge in [0.25, 0.3) is 5.56 Å². The highest BCUT2D eigenvalue weighted by Crippen LogP contribution is 2.36. The van der Waals surface area contributed by atoms with Gasteiger partial charge in [-0.25, -0.2) is 0 Å². The van der Waals surface area contributed by atoms with Crippen molar-refractivity contribution in [1.29, 1.82) is 0 Å². The number of anilines is 1. The van der Waals surface area contributed by atoms with Crippen molar-refractivity contribution in [2.45, 2.75) is 39.7 Å². The minimum absolute atomic E-state index is 0.0336. The molecule has 3 rings (SSSR count). The molecule has 0 unspecified atom stereocenters. The van der Waals surface area contributed by atoms with Gasteiger partial charge in [0.05, 0.1) is 16.9 Å². The van der Waals surface area contributed by atoms with E-state index in [4.69, 9.17) is 4.74 Å². The van der Waals surface area contributed by atoms with E-state index in [2.05, 4.69) is 31.6 Å². The van der Waals surface area contributed by atoms with Crippen molar-refractivity contribution in [2.75, 3.05) is 11.9 Å². The third-order valence-corrected chi connectivity index (χ3v) is 4.14. The van der Waals surface area contributed by atoms with Crippen LogP contribution in [0.25, 0.3) is 6.08 Å². The molecule has 0 bridgehead atoms. The number of hydrogen-bond donors (Lipinski definition) is 1. The van der Waals surface area contributed by atoms with Crippen LogP contribution in [0.4, 0.5) is 5.69 Å². The fourth-order valence-electron chi connectivity index (χ4n) is 2.79. The number of aryl methyl sites for hydroxylation is 1. The van der Waals surface area contributed by atoms with Gasteiger partial charge in [-0.05, 0) is 19.1 Å². The van der Waals surface area contributed by atoms with Crippen LogP contribution in [0, 0.1) is 0 Å². The van der Waals surface area contributed by atoms with Crippen molar-refractivity contribution in [3.8, 4) is 5.75 Å². The predicted molar refractivity (Wildman–Crippen MR) is 96.4 cm³/mol. The summed E-state index contributed by atoms with van der Waals surface area (Å²) in [4.78, 5) is 14.5. The maximum atomic E-state index is 12.6. The minimum Gasteiger partial charge on any atom is -0.432 e. The van der Waals surface area contributed by atoms with E-state index in [1.807, 2.05) is 43.1 Å². The average molecular weight is 325 g/mol. The Bertz CT molecular complexity index is 890. The second kappa shape index (κ2) is 5.77. The summed E-state index contributed by atoms with van der Waals surface area (Å²) >= 11 is 0. The molecule has 5 nitrogen and oxygen atoms in total. The van der Waals surface area contributed by atoms with E-state index >= 15 is 0 Å². The minimum atomic E-state index is -0.164. The first kappa shape index (κ1) is 16.2. The molecule has 5 heteroatoms. The van der Waals surface area contributed by atoms with Crippen molar-refractivity contribution in [3.63, 3.8) is 0 Å². The number of nitrogens with one attached hydrogen (secondary N) is 1. The first-order valence-corrected chi connectivity index (χ1v) is 8.13. The van der Waals surface area contributed by atoms with Crippen LogP contribution in [-0.4, -0.2) is 16.8 Å². The van der Waals surface area contributed by atoms with Crippen LogP contribution in [0.1, 0.15) is 39.0 Å². The molecule has 0 amide bonds. The van der Waals surface area contributed by atoms with Gasteiger partial charge in [-0.15, -0.1) is 0 Å². The van der Waals surface area contributed by atoms with Gasteiger partial charge >= 0.3 is 0 Å². The molecule has 1 aliphatic rings. The lowest BCUT2D eigenvalue weighted by atomic mass is 9.89. The van der Waals surface area contributed by atoms with E-state index in [1.165, 1.54) is 0 Å². The molecule has 2 heterocycles. The van der Waals surface area contributed by atoms with Gasteiger partial charge in [0.2, 0.25) is 5.88 Å². The summed E-state index contributed by atoms with van der Waals surface area (Å²) in [5.41, 5.74) is 5.47. The molecule has 0 fully saturated rings. The number of nitrogens with zero attached hydrogens (tertiary/aromatic N) is 2. The number of benzene rings is 1. The summed E-state index contributed by atoms with van der Waals surface area (Å²) in [6, 6.07) is 7.81. The fourth-order valence-corrected chi connectivity index (χ4v) is 2.79. The molecule has 1 N–H and O–H groups in total. The van der Waals surface area contributed by atoms with E-state index in [0.29, 0.717) is 18.0 Å². The number of ether oxygens (including phenoxy) is 1. The molecule has 0 atom stereocenters. The summed E-state index contributed by atoms with van der Waals surface area (Å²) < 4.78 is 7.44. The smallest absolute Gasteiger partial charge is 0.274 e. The van der Waals surface area contributed by atoms with Crippen LogP contribution in [-0.2, 0) is 12.0 Å². The van der Waals surface area contributed by atoms with Crippen molar-refractivity contribution < 1.29 is 4.74 Å². The lowest BCUT2D eigenvalue weighted by molar-refractivity contribution is 0.445. The fraction of sp³-hybridized carbons (Fsp3) is 0.368. The largest absolute Gasteiger partial charge is 0.432 e. The zero-order valence-electron chi connectivity index (χ0n) is 14.8. The number of H-pyrrole nitrogens is 1. The lowest BCUT2D eigenvalue weighted by Crippen LogP contribution is -2.16. The third-order valence-electron chi connectivity index (χ3n) is 4.14. The van der Waals surface area contributed by atoms with E-state index in [1.54, 1.807) is 10.8 Å². The summed E-state index contributed by atoms with van der Waals surface area (Å²) in [6.07, 6.45) is 1.73. The van der Waals surface area contributed by atoms with Crippen LogP contribution < -0.4 is 15.2 Å². The highest BCUT2D eigenvalue weighted by Gasteiger charge is 2.24. The predicted octanol–water partition coefficient (Wildman–Crippen LogP) is 3.48. The van der Waals surface area contributed by atoms with Crippen LogP contribution in [0.5, 0.6) is 5.75 Å². The van der Waals surface area contributed by atoms with Crippen molar-refractivity contribution in [2.24, 2.45) is 0 Å². The van der Waals surface area contributed by atoms with Gasteiger partial charge in [-0.2, -0.15) is 0 Å². The second-order valence-electron chi connectivity index (χ2n) is 6.92. The Morgan fingerprint density at radius 2 is 2.00 bits per heavy atom. The van der Waals surface area contributed by atoms with Crippen molar-refractivity contribution in [1.82, 2.24) is 9.78 Å². The number of para-hydroxylation sites is 2. The Morgan fingerprint density at radius 1 is 1.29 bits per heavy atom. The third kappa shape index (κ3) is 2.68. The summed E-state index contributed by atoms with van der Waals surface area (Å²) in [5, 5.41) is 3.21. The Morgan fingerprint density at radius 3 is 2.62 bits per heavy atom. The van der Waals surface area contributed by atoms with Crippen molar-refractivity contribution >= 4 is 11.8 Å². The molecule has 24 heavy (non-hydrogen) atoms. The molecule has 1 aliphatic heterocycles. The zero-order chi connectivity index (χ0) is 17.5. The quantitative estimate of drug-likeness (QED) is 0.860. The molecular formula is C19H23N3O2. The molecular weight excluding hydrogens is 302 g/mol. The molecule has 2 aromatic rings. The molecule has 0 aliphatic carbocycles. The molecule has 1 aromatic carbocycles. The van der Waals surface area contributed by atoms with Gasteiger partial charge in [0, 0.05) is 25.1 Å². The van der Waals surface area contributed by atoms with Crippen LogP contribution in [0.3, 0.4) is 0 Å². The first-order valence-electron chi connectivity index (χ1n) is 8.13. The molecule has 0 saturated heterocycles. The van der Waals surface area contributed by atoms with E-state index < -0.39 is 0 Å². The molecule has 1 aromatic heterocycles. The van der Waals surface area contributed by atoms with Gasteiger partial charge in [-0.1, -0.05) is 38.6 Å². The Hall–Kier alpha value is -2.65. The maximum Gasteiger partial charge on any atom is 0.274 e. The summed E-state index contributed by atoms with van der Waals surface area (Å²) in [6.45, 7) is 8.79. The number of fused-ring (bicyclic) bond motifs is 1. The number of hydrogen-bond acceptors (Lipinski definition) is 3. The second-order valence-corrected chi connectivity index (χ2v) is 6.92. The highest BCUT2D eigenvalue weighted by atomic mass is 16.5. The van der Waals surface area contributed by atoms with E-state index in [0.717, 1.165) is 17.1 Å². The monoisotopic (exact) mass is 325 g/mol. The molecule has 126 valence electrons. The summed E-state index contributed by atoms with van der Waals surface area (Å²) in [5.74, 6) is 1.38. The zero-order valence-corrected chi connectivity index (χ0v) is 14.8. The SMILES string of the molecule is CCn1[nH]c(C(C)(C)C)c(C=C=C2Oc3ccccc3N2C)c1=O. The molecule has 0 saturated carbocycles. The Balaban J connectivity index is 2.08. The van der Waals surface area contributed by atoms with Gasteiger partial charge in [0.15, 0.2) is 5.75 Å². The Kier molecular flexibility index (Phi) is 3.90. The van der Waals surface area contributed by atoms with E-state index in [9.17, 15) is 4.79 Å². The average Bonchev–Trinajstić information content (AvgIpc) is 3.03. The molecule has 0 radical (unpaired) electrons. The standard InChI is InChI=1S/C19H23N3O2/c1-6-22-18(23)13(17(20-22)19(2,3)4)11-12-16-21(5)14-9-7-8-10-15(14)24-16/h7-11,20H,6H2,1-5H3. The maximum absolute atomic E-state index is 12.6. The summed E-state index contributed by atoms with van der Waals surface area (Å²) in [7, 11) is 1.92. The number of aromatic amines is 1. The highest BCUT2D eigenvalue weighted by molar-refractivity contribution is 5.66. The number of rotatable bonds is 2. The van der Waals surface area contributed by atoms with Crippen LogP contribution in [0.2, 0.25) is 0 Å². The Labute approximate surface area is 141 Å². The normalized spacial score (nSPS) is 13.5. The van der Waals surface area contributed by atoms with E-state index in [-0.39, 0.29) is 11.0 Å². The lowest BCUT2D eigenvalue weighted by Gasteiger charge is -2.17. The van der Waals surface area contributed by atoms with Crippen LogP contribution in [0.15, 0.2) is 40.7 Å². The van der Waals surface area contributed by atoms with Crippen LogP contribution >= 0.6 is 0 Å². The topological polar surface area (TPSA) is 50.3 Å². The number of aromatic nitrogens is 2. The van der Waals surface area contributed by atoms with Crippen molar-refractivity contribution in [3.05, 3.63) is 57.5 Å². The van der Waals surface area contributed by atoms with Gasteiger partial charge in [0.1, 0.15) is 0 Å². The van der Waals surface area contributed by atoms with Gasteiger partial charge in [-0.3, -0.25) is 14.6 Å². The molecule has 0 spiro atoms.